The number of aliphatic hydroxyl groups excluding tert-OH is 4. The lowest BCUT2D eigenvalue weighted by molar-refractivity contribution is -0.343. The molecule has 4 N–H and O–H groups in total. The molecule has 2 fully saturated rings. The number of hydrogen-bond acceptors (Lipinski definition) is 11. The first-order valence-corrected chi connectivity index (χ1v) is 17.9. The molecule has 0 spiro atoms. The van der Waals surface area contributed by atoms with Gasteiger partial charge in [0.1, 0.15) is 36.3 Å². The number of carbonyl (C=O) groups excluding carboxylic acids is 2. The normalized spacial score (nSPS) is 36.0. The monoisotopic (exact) mass is 692 g/mol. The first-order chi connectivity index (χ1) is 23.1. The minimum atomic E-state index is -1.46. The van der Waals surface area contributed by atoms with Crippen LogP contribution in [-0.4, -0.2) is 99.7 Å². The van der Waals surface area contributed by atoms with Crippen molar-refractivity contribution in [2.45, 2.75) is 155 Å². The topological polar surface area (TPSA) is 161 Å². The van der Waals surface area contributed by atoms with E-state index in [2.05, 4.69) is 26.0 Å². The summed E-state index contributed by atoms with van der Waals surface area (Å²) in [6.45, 7) is 15.1. The predicted molar refractivity (Wildman–Crippen MR) is 184 cm³/mol. The third-order valence-corrected chi connectivity index (χ3v) is 9.69. The predicted octanol–water partition coefficient (Wildman–Crippen LogP) is 4.31. The Kier molecular flexibility index (Phi) is 16.3. The molecule has 0 radical (unpaired) electrons. The van der Waals surface area contributed by atoms with E-state index in [1.165, 1.54) is 6.08 Å². The van der Waals surface area contributed by atoms with Crippen LogP contribution in [0, 0.1) is 23.7 Å². The fourth-order valence-corrected chi connectivity index (χ4v) is 6.74. The summed E-state index contributed by atoms with van der Waals surface area (Å²) in [5.74, 6) is -1.03. The number of ether oxygens (including phenoxy) is 5. The van der Waals surface area contributed by atoms with Crippen LogP contribution in [-0.2, 0) is 33.3 Å². The van der Waals surface area contributed by atoms with Crippen LogP contribution in [0.1, 0.15) is 87.5 Å². The molecule has 278 valence electrons. The summed E-state index contributed by atoms with van der Waals surface area (Å²) in [5.41, 5.74) is 0.960. The molecule has 0 unspecified atom stereocenters. The summed E-state index contributed by atoms with van der Waals surface area (Å²) in [6.07, 6.45) is 6.19. The standard InChI is InChI=1S/C38H60O11/c1-9-12-23(4)36(49-38-35(44)34(43)37(27(8)46-38)48-31-20-29(39)33(42)26(7)45-31)25(6)32(41)24(5)19-22(3)14-10-13-21(2)17-18-28-15-11-16-30(40)47-28/h10-11,14,16-19,21,23-29,31,33-39,42-44H,9,12-13,15,20H2,1-8H3/b14-10+,18-17+,22-19+/t21-,23+,24+,25+,26+,27-,28-,29+,31-,33-,34-,35+,36+,37-,38+/m1/s1. The van der Waals surface area contributed by atoms with Crippen molar-refractivity contribution in [1.82, 2.24) is 0 Å². The van der Waals surface area contributed by atoms with E-state index in [9.17, 15) is 30.0 Å². The molecule has 3 aliphatic heterocycles. The Bertz CT molecular complexity index is 1170. The van der Waals surface area contributed by atoms with Crippen LogP contribution in [0.15, 0.2) is 48.1 Å². The fourth-order valence-electron chi connectivity index (χ4n) is 6.74. The zero-order chi connectivity index (χ0) is 36.4. The van der Waals surface area contributed by atoms with E-state index < -0.39 is 73.2 Å². The number of rotatable bonds is 16. The van der Waals surface area contributed by atoms with E-state index in [1.807, 2.05) is 52.0 Å². The van der Waals surface area contributed by atoms with E-state index in [0.29, 0.717) is 6.42 Å². The highest BCUT2D eigenvalue weighted by molar-refractivity contribution is 5.85. The van der Waals surface area contributed by atoms with E-state index in [0.717, 1.165) is 24.8 Å². The molecular formula is C38H60O11. The SMILES string of the molecule is CCC[C@H](C)[C@H](O[C@@H]1O[C@H](C)[C@@H](O[C@@H]2C[C@H](O)[C@H](O)[C@H](C)O2)[C@H](O)[C@@H]1O)[C@@H](C)C(=O)[C@@H](C)/C=C(C)/C=C/C[C@@H](C)/C=C/[C@H]1CC=CC(=O)O1. The highest BCUT2D eigenvalue weighted by Crippen LogP contribution is 2.33. The van der Waals surface area contributed by atoms with Crippen LogP contribution in [0.4, 0.5) is 0 Å². The molecule has 3 aliphatic rings. The number of cyclic esters (lactones) is 1. The number of esters is 1. The van der Waals surface area contributed by atoms with E-state index in [4.69, 9.17) is 23.7 Å². The average molecular weight is 693 g/mol. The summed E-state index contributed by atoms with van der Waals surface area (Å²) in [5, 5.41) is 42.3. The average Bonchev–Trinajstić information content (AvgIpc) is 3.05. The highest BCUT2D eigenvalue weighted by atomic mass is 16.7. The smallest absolute Gasteiger partial charge is 0.331 e. The maximum atomic E-state index is 13.7. The second-order valence-corrected chi connectivity index (χ2v) is 14.2. The second-order valence-electron chi connectivity index (χ2n) is 14.2. The van der Waals surface area contributed by atoms with Gasteiger partial charge in [0.2, 0.25) is 0 Å². The molecule has 15 atom stereocenters. The molecule has 0 aromatic carbocycles. The zero-order valence-electron chi connectivity index (χ0n) is 30.4. The number of aliphatic hydroxyl groups is 4. The van der Waals surface area contributed by atoms with Crippen LogP contribution < -0.4 is 0 Å². The van der Waals surface area contributed by atoms with E-state index in [-0.39, 0.29) is 36.1 Å². The lowest BCUT2D eigenvalue weighted by Crippen LogP contribution is -2.61. The van der Waals surface area contributed by atoms with Crippen molar-refractivity contribution in [1.29, 1.82) is 0 Å². The minimum Gasteiger partial charge on any atom is -0.455 e. The van der Waals surface area contributed by atoms with Gasteiger partial charge in [-0.25, -0.2) is 4.79 Å². The number of Topliss-reactive ketones (excluding diaryl/α,β-unsaturated/α-hetero) is 1. The number of hydrogen-bond donors (Lipinski definition) is 4. The van der Waals surface area contributed by atoms with Gasteiger partial charge in [0.25, 0.3) is 0 Å². The Morgan fingerprint density at radius 3 is 2.41 bits per heavy atom. The lowest BCUT2D eigenvalue weighted by Gasteiger charge is -2.45. The Morgan fingerprint density at radius 1 is 1.04 bits per heavy atom. The molecule has 0 aliphatic carbocycles. The molecule has 2 saturated heterocycles. The summed E-state index contributed by atoms with van der Waals surface area (Å²) < 4.78 is 29.2. The summed E-state index contributed by atoms with van der Waals surface area (Å²) in [7, 11) is 0. The third kappa shape index (κ3) is 11.9. The van der Waals surface area contributed by atoms with E-state index >= 15 is 0 Å². The van der Waals surface area contributed by atoms with Crippen molar-refractivity contribution in [3.05, 3.63) is 48.1 Å². The van der Waals surface area contributed by atoms with Crippen molar-refractivity contribution in [3.63, 3.8) is 0 Å². The van der Waals surface area contributed by atoms with Crippen molar-refractivity contribution < 1.29 is 53.7 Å². The largest absolute Gasteiger partial charge is 0.455 e. The Balaban J connectivity index is 1.60. The maximum Gasteiger partial charge on any atom is 0.331 e. The molecular weight excluding hydrogens is 632 g/mol. The summed E-state index contributed by atoms with van der Waals surface area (Å²) in [6, 6.07) is 0. The fraction of sp³-hybridized carbons (Fsp3) is 0.737. The Morgan fingerprint density at radius 2 is 1.76 bits per heavy atom. The van der Waals surface area contributed by atoms with Crippen molar-refractivity contribution in [2.75, 3.05) is 0 Å². The van der Waals surface area contributed by atoms with Crippen LogP contribution >= 0.6 is 0 Å². The molecule has 11 heteroatoms. The Labute approximate surface area is 292 Å². The summed E-state index contributed by atoms with van der Waals surface area (Å²) in [4.78, 5) is 25.2. The Hall–Kier alpha value is -2.22. The number of allylic oxidation sites excluding steroid dienone is 5. The first kappa shape index (κ1) is 41.2. The van der Waals surface area contributed by atoms with Gasteiger partial charge >= 0.3 is 5.97 Å². The van der Waals surface area contributed by atoms with Gasteiger partial charge < -0.3 is 44.1 Å². The van der Waals surface area contributed by atoms with Gasteiger partial charge in [-0.05, 0) is 51.5 Å². The molecule has 11 nitrogen and oxygen atoms in total. The molecule has 0 bridgehead atoms. The van der Waals surface area contributed by atoms with Gasteiger partial charge in [-0.2, -0.15) is 0 Å². The molecule has 3 heterocycles. The second kappa shape index (κ2) is 19.4. The third-order valence-electron chi connectivity index (χ3n) is 9.69. The lowest BCUT2D eigenvalue weighted by atomic mass is 9.83. The van der Waals surface area contributed by atoms with Crippen molar-refractivity contribution in [2.24, 2.45) is 23.7 Å². The minimum absolute atomic E-state index is 0.00231. The zero-order valence-corrected chi connectivity index (χ0v) is 30.4. The van der Waals surface area contributed by atoms with Crippen LogP contribution in [0.3, 0.4) is 0 Å². The molecule has 49 heavy (non-hydrogen) atoms. The molecule has 3 rings (SSSR count). The van der Waals surface area contributed by atoms with Gasteiger partial charge in [-0.1, -0.05) is 77.0 Å². The first-order valence-electron chi connectivity index (χ1n) is 17.9. The number of ketones is 1. The highest BCUT2D eigenvalue weighted by Gasteiger charge is 2.48. The van der Waals surface area contributed by atoms with Gasteiger partial charge in [-0.15, -0.1) is 0 Å². The molecule has 0 aromatic heterocycles. The molecule has 0 aromatic rings. The summed E-state index contributed by atoms with van der Waals surface area (Å²) >= 11 is 0. The van der Waals surface area contributed by atoms with Crippen molar-refractivity contribution in [3.8, 4) is 0 Å². The van der Waals surface area contributed by atoms with Gasteiger partial charge in [-0.3, -0.25) is 4.79 Å². The van der Waals surface area contributed by atoms with Crippen LogP contribution in [0.5, 0.6) is 0 Å². The van der Waals surface area contributed by atoms with Crippen LogP contribution in [0.2, 0.25) is 0 Å². The van der Waals surface area contributed by atoms with E-state index in [1.54, 1.807) is 13.8 Å². The quantitative estimate of drug-likeness (QED) is 0.104. The molecule has 0 amide bonds. The van der Waals surface area contributed by atoms with Crippen molar-refractivity contribution >= 4 is 11.8 Å². The van der Waals surface area contributed by atoms with Gasteiger partial charge in [0, 0.05) is 30.8 Å². The van der Waals surface area contributed by atoms with Crippen LogP contribution in [0.25, 0.3) is 0 Å². The molecule has 0 saturated carbocycles. The van der Waals surface area contributed by atoms with Gasteiger partial charge in [0.05, 0.1) is 24.4 Å². The maximum absolute atomic E-state index is 13.7. The number of carbonyl (C=O) groups is 2. The van der Waals surface area contributed by atoms with Gasteiger partial charge in [0.15, 0.2) is 12.6 Å².